The highest BCUT2D eigenvalue weighted by molar-refractivity contribution is 5.93. The molecule has 0 radical (unpaired) electrons. The standard InChI is InChI=1S/C29H33FN4O3/c1-3-22-16-26(28(35)33-13-6-4-5-8-18(33)2)31-27-17-25(32-34(22)27)23-12-11-20(15-24(23)30)19-9-7-10-21(14-19)29(36)37/h9,11-12,15-18,21H,3-8,10,13-14H2,1-2H3,(H,36,37). The molecule has 0 saturated carbocycles. The third-order valence-electron chi connectivity index (χ3n) is 7.73. The number of carboxylic acids is 1. The van der Waals surface area contributed by atoms with Gasteiger partial charge in [0.15, 0.2) is 5.65 Å². The first-order valence-electron chi connectivity index (χ1n) is 13.3. The molecule has 37 heavy (non-hydrogen) atoms. The molecule has 2 atom stereocenters. The van der Waals surface area contributed by atoms with E-state index in [1.54, 1.807) is 22.7 Å². The summed E-state index contributed by atoms with van der Waals surface area (Å²) >= 11 is 0. The van der Waals surface area contributed by atoms with Crippen LogP contribution in [0.4, 0.5) is 4.39 Å². The summed E-state index contributed by atoms with van der Waals surface area (Å²) in [6.07, 6.45) is 8.59. The number of fused-ring (bicyclic) bond motifs is 1. The van der Waals surface area contributed by atoms with Crippen molar-refractivity contribution in [2.24, 2.45) is 5.92 Å². The van der Waals surface area contributed by atoms with Crippen LogP contribution in [-0.4, -0.2) is 49.1 Å². The van der Waals surface area contributed by atoms with Crippen molar-refractivity contribution in [3.8, 4) is 11.3 Å². The van der Waals surface area contributed by atoms with Crippen molar-refractivity contribution in [1.82, 2.24) is 19.5 Å². The van der Waals surface area contributed by atoms with E-state index in [0.717, 1.165) is 43.5 Å². The van der Waals surface area contributed by atoms with Crippen molar-refractivity contribution in [2.75, 3.05) is 6.54 Å². The van der Waals surface area contributed by atoms with Crippen LogP contribution in [0.3, 0.4) is 0 Å². The molecule has 1 N–H and O–H groups in total. The second kappa shape index (κ2) is 10.4. The van der Waals surface area contributed by atoms with Crippen molar-refractivity contribution < 1.29 is 19.1 Å². The van der Waals surface area contributed by atoms with Gasteiger partial charge in [-0.15, -0.1) is 0 Å². The average Bonchev–Trinajstić information content (AvgIpc) is 3.21. The van der Waals surface area contributed by atoms with Gasteiger partial charge in [0.25, 0.3) is 5.91 Å². The molecule has 1 fully saturated rings. The van der Waals surface area contributed by atoms with Crippen LogP contribution in [0, 0.1) is 11.7 Å². The van der Waals surface area contributed by atoms with Crippen LogP contribution in [0.2, 0.25) is 0 Å². The van der Waals surface area contributed by atoms with Crippen LogP contribution in [0.25, 0.3) is 22.5 Å². The zero-order valence-corrected chi connectivity index (χ0v) is 21.4. The number of likely N-dealkylation sites (tertiary alicyclic amines) is 1. The molecular weight excluding hydrogens is 471 g/mol. The lowest BCUT2D eigenvalue weighted by molar-refractivity contribution is -0.141. The van der Waals surface area contributed by atoms with Crippen LogP contribution in [0.15, 0.2) is 36.4 Å². The third-order valence-corrected chi connectivity index (χ3v) is 7.73. The van der Waals surface area contributed by atoms with Crippen LogP contribution in [-0.2, 0) is 11.2 Å². The number of aliphatic carboxylic acids is 1. The van der Waals surface area contributed by atoms with Gasteiger partial charge in [0.05, 0.1) is 11.6 Å². The molecule has 1 aliphatic heterocycles. The Hall–Kier alpha value is -3.55. The third kappa shape index (κ3) is 5.02. The molecule has 2 aromatic heterocycles. The van der Waals surface area contributed by atoms with Gasteiger partial charge in [-0.3, -0.25) is 9.59 Å². The Balaban J connectivity index is 1.46. The van der Waals surface area contributed by atoms with Gasteiger partial charge in [0, 0.05) is 29.9 Å². The molecule has 0 bridgehead atoms. The Morgan fingerprint density at radius 2 is 1.97 bits per heavy atom. The van der Waals surface area contributed by atoms with E-state index in [9.17, 15) is 14.7 Å². The first-order valence-corrected chi connectivity index (χ1v) is 13.3. The highest BCUT2D eigenvalue weighted by atomic mass is 19.1. The molecule has 3 heterocycles. The Bertz CT molecular complexity index is 1380. The van der Waals surface area contributed by atoms with E-state index in [4.69, 9.17) is 0 Å². The molecule has 7 nitrogen and oxygen atoms in total. The molecule has 8 heteroatoms. The number of carbonyl (C=O) groups is 2. The number of hydrogen-bond acceptors (Lipinski definition) is 4. The van der Waals surface area contributed by atoms with E-state index in [-0.39, 0.29) is 11.9 Å². The number of halogens is 1. The van der Waals surface area contributed by atoms with Crippen molar-refractivity contribution >= 4 is 23.1 Å². The molecule has 1 amide bonds. The van der Waals surface area contributed by atoms with E-state index in [1.807, 2.05) is 24.0 Å². The molecule has 0 spiro atoms. The molecule has 3 aromatic rings. The zero-order chi connectivity index (χ0) is 26.1. The molecular formula is C29H33FN4O3. The van der Waals surface area contributed by atoms with E-state index in [2.05, 4.69) is 17.0 Å². The summed E-state index contributed by atoms with van der Waals surface area (Å²) in [7, 11) is 0. The van der Waals surface area contributed by atoms with Gasteiger partial charge in [-0.2, -0.15) is 5.10 Å². The summed E-state index contributed by atoms with van der Waals surface area (Å²) in [5, 5.41) is 14.0. The van der Waals surface area contributed by atoms with Gasteiger partial charge < -0.3 is 10.0 Å². The highest BCUT2D eigenvalue weighted by Gasteiger charge is 2.26. The summed E-state index contributed by atoms with van der Waals surface area (Å²) in [5.74, 6) is -1.74. The monoisotopic (exact) mass is 504 g/mol. The van der Waals surface area contributed by atoms with Gasteiger partial charge in [-0.25, -0.2) is 13.9 Å². The molecule has 2 aliphatic rings. The SMILES string of the molecule is CCc1cc(C(=O)N2CCCCCC2C)nc2cc(-c3ccc(C4=CCCC(C(=O)O)C4)cc3F)nn12. The van der Waals surface area contributed by atoms with E-state index < -0.39 is 17.7 Å². The van der Waals surface area contributed by atoms with E-state index in [1.165, 1.54) is 6.07 Å². The molecule has 1 aliphatic carbocycles. The number of nitrogens with zero attached hydrogens (tertiary/aromatic N) is 4. The second-order valence-corrected chi connectivity index (χ2v) is 10.2. The smallest absolute Gasteiger partial charge is 0.306 e. The summed E-state index contributed by atoms with van der Waals surface area (Å²) in [4.78, 5) is 31.4. The lowest BCUT2D eigenvalue weighted by Gasteiger charge is -2.27. The minimum absolute atomic E-state index is 0.0645. The van der Waals surface area contributed by atoms with Crippen LogP contribution < -0.4 is 0 Å². The topological polar surface area (TPSA) is 87.8 Å². The maximum Gasteiger partial charge on any atom is 0.306 e. The van der Waals surface area contributed by atoms with Crippen molar-refractivity contribution in [3.63, 3.8) is 0 Å². The first-order chi connectivity index (χ1) is 17.9. The Morgan fingerprint density at radius 1 is 1.14 bits per heavy atom. The minimum atomic E-state index is -0.810. The fourth-order valence-corrected chi connectivity index (χ4v) is 5.53. The summed E-state index contributed by atoms with van der Waals surface area (Å²) in [5.41, 5.74) is 4.10. The molecule has 194 valence electrons. The number of aromatic nitrogens is 3. The lowest BCUT2D eigenvalue weighted by Crippen LogP contribution is -2.38. The number of aryl methyl sites for hydroxylation is 1. The van der Waals surface area contributed by atoms with Gasteiger partial charge in [-0.05, 0) is 74.8 Å². The predicted molar refractivity (Wildman–Crippen MR) is 140 cm³/mol. The summed E-state index contributed by atoms with van der Waals surface area (Å²) in [6.45, 7) is 4.83. The maximum absolute atomic E-state index is 15.3. The van der Waals surface area contributed by atoms with E-state index >= 15 is 4.39 Å². The normalized spacial score (nSPS) is 20.5. The summed E-state index contributed by atoms with van der Waals surface area (Å²) in [6, 6.07) is 8.67. The molecule has 1 saturated heterocycles. The van der Waals surface area contributed by atoms with Gasteiger partial charge in [-0.1, -0.05) is 31.9 Å². The number of benzene rings is 1. The largest absolute Gasteiger partial charge is 0.481 e. The van der Waals surface area contributed by atoms with E-state index in [0.29, 0.717) is 53.8 Å². The lowest BCUT2D eigenvalue weighted by atomic mass is 9.85. The predicted octanol–water partition coefficient (Wildman–Crippen LogP) is 5.77. The van der Waals surface area contributed by atoms with Crippen molar-refractivity contribution in [1.29, 1.82) is 0 Å². The first kappa shape index (κ1) is 25.1. The minimum Gasteiger partial charge on any atom is -0.481 e. The van der Waals surface area contributed by atoms with Crippen molar-refractivity contribution in [3.05, 3.63) is 59.2 Å². The molecule has 2 unspecified atom stereocenters. The number of carboxylic acid groups (broad SMARTS) is 1. The van der Waals surface area contributed by atoms with Gasteiger partial charge in [0.1, 0.15) is 11.5 Å². The number of allylic oxidation sites excluding steroid dienone is 2. The number of carbonyl (C=O) groups excluding carboxylic acids is 1. The average molecular weight is 505 g/mol. The molecule has 1 aromatic carbocycles. The highest BCUT2D eigenvalue weighted by Crippen LogP contribution is 2.33. The summed E-state index contributed by atoms with van der Waals surface area (Å²) < 4.78 is 17.0. The quantitative estimate of drug-likeness (QED) is 0.477. The number of hydrogen-bond donors (Lipinski definition) is 1. The molecule has 5 rings (SSSR count). The second-order valence-electron chi connectivity index (χ2n) is 10.2. The van der Waals surface area contributed by atoms with Crippen LogP contribution >= 0.6 is 0 Å². The van der Waals surface area contributed by atoms with Crippen molar-refractivity contribution in [2.45, 2.75) is 71.3 Å². The van der Waals surface area contributed by atoms with Gasteiger partial charge in [0.2, 0.25) is 0 Å². The van der Waals surface area contributed by atoms with Crippen LogP contribution in [0.5, 0.6) is 0 Å². The Kier molecular flexibility index (Phi) is 7.09. The Morgan fingerprint density at radius 3 is 2.73 bits per heavy atom. The fourth-order valence-electron chi connectivity index (χ4n) is 5.53. The Labute approximate surface area is 216 Å². The number of amides is 1. The maximum atomic E-state index is 15.3. The fraction of sp³-hybridized carbons (Fsp3) is 0.448. The number of rotatable bonds is 5. The van der Waals surface area contributed by atoms with Crippen LogP contribution in [0.1, 0.15) is 80.5 Å². The van der Waals surface area contributed by atoms with Gasteiger partial charge >= 0.3 is 5.97 Å². The zero-order valence-electron chi connectivity index (χ0n) is 21.4.